The molecule has 2 heteroatoms. The molecule has 1 aromatic heterocycles. The number of nitrogens with zero attached hydrogens (tertiary/aromatic N) is 1. The van der Waals surface area contributed by atoms with Crippen molar-refractivity contribution in [2.45, 2.75) is 27.7 Å². The highest BCUT2D eigenvalue weighted by Crippen LogP contribution is 2.42. The lowest BCUT2D eigenvalue weighted by Crippen LogP contribution is -2.10. The third-order valence-electron chi connectivity index (χ3n) is 10.2. The molecule has 0 saturated carbocycles. The lowest BCUT2D eigenvalue weighted by atomic mass is 9.93. The lowest BCUT2D eigenvalue weighted by Gasteiger charge is -2.26. The van der Waals surface area contributed by atoms with E-state index < -0.39 is 0 Å². The number of fused-ring (bicyclic) bond motifs is 3. The number of rotatable bonds is 6. The van der Waals surface area contributed by atoms with Crippen LogP contribution in [-0.2, 0) is 0 Å². The third-order valence-corrected chi connectivity index (χ3v) is 11.4. The number of hydrogen-bond acceptors (Lipinski definition) is 2. The van der Waals surface area contributed by atoms with Gasteiger partial charge in [0.15, 0.2) is 0 Å². The Morgan fingerprint density at radius 1 is 0.352 bits per heavy atom. The molecule has 0 spiro atoms. The fourth-order valence-corrected chi connectivity index (χ4v) is 8.52. The van der Waals surface area contributed by atoms with E-state index in [1.165, 1.54) is 75.8 Å². The lowest BCUT2D eigenvalue weighted by molar-refractivity contribution is 1.27. The second-order valence-electron chi connectivity index (χ2n) is 14.0. The summed E-state index contributed by atoms with van der Waals surface area (Å²) in [6, 6.07) is 67.9. The minimum Gasteiger partial charge on any atom is -0.310 e. The predicted octanol–water partition coefficient (Wildman–Crippen LogP) is 15.4. The van der Waals surface area contributed by atoms with Gasteiger partial charge >= 0.3 is 0 Å². The Kier molecular flexibility index (Phi) is 9.94. The average molecular weight is 714 g/mol. The van der Waals surface area contributed by atoms with Crippen molar-refractivity contribution in [3.05, 3.63) is 210 Å². The van der Waals surface area contributed by atoms with Crippen LogP contribution in [0.25, 0.3) is 53.6 Å². The SMILES string of the molecule is Cc1cccc(N(c2ccc(-c3ccc(C)c(-c4ccccc4C)c3)cc2)c2ccc(-c3cccc4c3sc3ccccc34)cc2)c1.Cc1ccccc1. The van der Waals surface area contributed by atoms with Gasteiger partial charge in [0.2, 0.25) is 0 Å². The van der Waals surface area contributed by atoms with Crippen LogP contribution in [0.1, 0.15) is 22.3 Å². The summed E-state index contributed by atoms with van der Waals surface area (Å²) in [6.07, 6.45) is 0. The number of aryl methyl sites for hydroxylation is 4. The van der Waals surface area contributed by atoms with E-state index in [1.54, 1.807) is 0 Å². The Hall–Kier alpha value is -6.22. The number of anilines is 3. The van der Waals surface area contributed by atoms with E-state index in [-0.39, 0.29) is 0 Å². The second-order valence-corrected chi connectivity index (χ2v) is 15.1. The minimum atomic E-state index is 1.13. The molecule has 0 bridgehead atoms. The van der Waals surface area contributed by atoms with Crippen LogP contribution in [0.15, 0.2) is 188 Å². The molecule has 0 N–H and O–H groups in total. The normalized spacial score (nSPS) is 11.0. The van der Waals surface area contributed by atoms with Crippen LogP contribution in [0.5, 0.6) is 0 Å². The molecule has 0 aliphatic heterocycles. The molecule has 9 aromatic rings. The Bertz CT molecular complexity index is 2690. The molecule has 0 saturated heterocycles. The Balaban J connectivity index is 0.000000533. The van der Waals surface area contributed by atoms with Crippen LogP contribution in [0.2, 0.25) is 0 Å². The molecule has 262 valence electrons. The van der Waals surface area contributed by atoms with Gasteiger partial charge in [-0.1, -0.05) is 145 Å². The number of thiophene rings is 1. The topological polar surface area (TPSA) is 3.24 Å². The molecule has 0 unspecified atom stereocenters. The predicted molar refractivity (Wildman–Crippen MR) is 236 cm³/mol. The smallest absolute Gasteiger partial charge is 0.0464 e. The summed E-state index contributed by atoms with van der Waals surface area (Å²) in [6.45, 7) is 8.62. The maximum absolute atomic E-state index is 2.36. The van der Waals surface area contributed by atoms with Crippen molar-refractivity contribution in [2.75, 3.05) is 4.90 Å². The third kappa shape index (κ3) is 7.22. The molecule has 0 amide bonds. The summed E-state index contributed by atoms with van der Waals surface area (Å²) in [5, 5.41) is 2.66. The van der Waals surface area contributed by atoms with E-state index in [4.69, 9.17) is 0 Å². The highest BCUT2D eigenvalue weighted by Gasteiger charge is 2.15. The molecule has 0 aliphatic rings. The number of hydrogen-bond donors (Lipinski definition) is 0. The first-order valence-electron chi connectivity index (χ1n) is 18.6. The molecule has 0 fully saturated rings. The van der Waals surface area contributed by atoms with E-state index >= 15 is 0 Å². The van der Waals surface area contributed by atoms with Crippen LogP contribution >= 0.6 is 11.3 Å². The first-order chi connectivity index (χ1) is 26.4. The molecule has 0 radical (unpaired) electrons. The van der Waals surface area contributed by atoms with E-state index in [1.807, 2.05) is 29.5 Å². The monoisotopic (exact) mass is 713 g/mol. The maximum Gasteiger partial charge on any atom is 0.0464 e. The van der Waals surface area contributed by atoms with Gasteiger partial charge in [-0.15, -0.1) is 11.3 Å². The largest absolute Gasteiger partial charge is 0.310 e. The first-order valence-corrected chi connectivity index (χ1v) is 19.4. The molecular weight excluding hydrogens is 671 g/mol. The van der Waals surface area contributed by atoms with E-state index in [0.29, 0.717) is 0 Å². The average Bonchev–Trinajstić information content (AvgIpc) is 3.59. The van der Waals surface area contributed by atoms with Crippen molar-refractivity contribution in [1.29, 1.82) is 0 Å². The van der Waals surface area contributed by atoms with Crippen molar-refractivity contribution in [2.24, 2.45) is 0 Å². The summed E-state index contributed by atoms with van der Waals surface area (Å²) in [4.78, 5) is 2.36. The summed E-state index contributed by atoms with van der Waals surface area (Å²) in [5.41, 5.74) is 16.1. The molecule has 54 heavy (non-hydrogen) atoms. The van der Waals surface area contributed by atoms with Crippen LogP contribution in [0.3, 0.4) is 0 Å². The van der Waals surface area contributed by atoms with Crippen molar-refractivity contribution >= 4 is 48.6 Å². The zero-order chi connectivity index (χ0) is 37.0. The zero-order valence-corrected chi connectivity index (χ0v) is 32.1. The summed E-state index contributed by atoms with van der Waals surface area (Å²) in [5.74, 6) is 0. The van der Waals surface area contributed by atoms with Crippen molar-refractivity contribution in [1.82, 2.24) is 0 Å². The van der Waals surface area contributed by atoms with Crippen molar-refractivity contribution in [3.63, 3.8) is 0 Å². The Morgan fingerprint density at radius 3 is 1.63 bits per heavy atom. The molecule has 8 aromatic carbocycles. The van der Waals surface area contributed by atoms with Gasteiger partial charge in [-0.3, -0.25) is 0 Å². The van der Waals surface area contributed by atoms with Gasteiger partial charge in [0.05, 0.1) is 0 Å². The van der Waals surface area contributed by atoms with Gasteiger partial charge in [0.1, 0.15) is 0 Å². The van der Waals surface area contributed by atoms with Crippen LogP contribution < -0.4 is 4.90 Å². The highest BCUT2D eigenvalue weighted by atomic mass is 32.1. The molecule has 1 heterocycles. The molecule has 0 aliphatic carbocycles. The summed E-state index contributed by atoms with van der Waals surface area (Å²) >= 11 is 1.88. The number of benzene rings is 8. The second kappa shape index (κ2) is 15.4. The minimum absolute atomic E-state index is 1.13. The first kappa shape index (κ1) is 34.8. The molecule has 0 atom stereocenters. The van der Waals surface area contributed by atoms with Gasteiger partial charge < -0.3 is 4.90 Å². The fourth-order valence-electron chi connectivity index (χ4n) is 7.28. The highest BCUT2D eigenvalue weighted by molar-refractivity contribution is 7.26. The van der Waals surface area contributed by atoms with Gasteiger partial charge in [-0.2, -0.15) is 0 Å². The maximum atomic E-state index is 2.36. The van der Waals surface area contributed by atoms with Gasteiger partial charge in [-0.25, -0.2) is 0 Å². The Labute approximate surface area is 323 Å². The van der Waals surface area contributed by atoms with Gasteiger partial charge in [-0.05, 0) is 126 Å². The van der Waals surface area contributed by atoms with Gasteiger partial charge in [0.25, 0.3) is 0 Å². The van der Waals surface area contributed by atoms with Crippen molar-refractivity contribution in [3.8, 4) is 33.4 Å². The van der Waals surface area contributed by atoms with E-state index in [2.05, 4.69) is 202 Å². The molecular formula is C52H43NS. The molecule has 1 nitrogen and oxygen atoms in total. The van der Waals surface area contributed by atoms with Crippen LogP contribution in [0, 0.1) is 27.7 Å². The van der Waals surface area contributed by atoms with Crippen LogP contribution in [0.4, 0.5) is 17.1 Å². The van der Waals surface area contributed by atoms with E-state index in [9.17, 15) is 0 Å². The quantitative estimate of drug-likeness (QED) is 0.166. The van der Waals surface area contributed by atoms with E-state index in [0.717, 1.165) is 17.1 Å². The zero-order valence-electron chi connectivity index (χ0n) is 31.3. The molecule has 9 rings (SSSR count). The fraction of sp³-hybridized carbons (Fsp3) is 0.0769. The Morgan fingerprint density at radius 2 is 0.926 bits per heavy atom. The van der Waals surface area contributed by atoms with Crippen molar-refractivity contribution < 1.29 is 0 Å². The van der Waals surface area contributed by atoms with Crippen LogP contribution in [-0.4, -0.2) is 0 Å². The summed E-state index contributed by atoms with van der Waals surface area (Å²) in [7, 11) is 0. The summed E-state index contributed by atoms with van der Waals surface area (Å²) < 4.78 is 2.67. The standard InChI is InChI=1S/C45H35NS.C7H8/c1-30-10-8-12-38(28-30)46(36-24-20-33(21-25-36)35-19-18-32(3)43(29-35)39-13-5-4-11-31(39)2)37-26-22-34(23-27-37)40-15-9-16-42-41-14-6-7-17-44(41)47-45(40)42;1-7-5-3-2-4-6-7/h4-29H,1-3H3;2-6H,1H3. The van der Waals surface area contributed by atoms with Gasteiger partial charge in [0, 0.05) is 37.2 Å².